The van der Waals surface area contributed by atoms with Crippen LogP contribution in [-0.4, -0.2) is 28.8 Å². The van der Waals surface area contributed by atoms with Gasteiger partial charge in [0.05, 0.1) is 12.6 Å². The highest BCUT2D eigenvalue weighted by Crippen LogP contribution is 2.19. The van der Waals surface area contributed by atoms with Crippen LogP contribution in [0.25, 0.3) is 0 Å². The maximum atomic E-state index is 12.0. The summed E-state index contributed by atoms with van der Waals surface area (Å²) in [6, 6.07) is 13.7. The summed E-state index contributed by atoms with van der Waals surface area (Å²) in [4.78, 5) is 12.0. The predicted octanol–water partition coefficient (Wildman–Crippen LogP) is 2.87. The van der Waals surface area contributed by atoms with Gasteiger partial charge in [-0.3, -0.25) is 9.48 Å². The molecule has 24 heavy (non-hydrogen) atoms. The molecule has 0 bridgehead atoms. The molecule has 0 radical (unpaired) electrons. The van der Waals surface area contributed by atoms with Crippen molar-refractivity contribution in [3.05, 3.63) is 76.7 Å². The number of rotatable bonds is 8. The summed E-state index contributed by atoms with van der Waals surface area (Å²) in [5.74, 6) is -0.127. The first-order chi connectivity index (χ1) is 11.8. The fourth-order valence-electron chi connectivity index (χ4n) is 2.39. The second-order valence-corrected chi connectivity index (χ2v) is 6.12. The van der Waals surface area contributed by atoms with Crippen molar-refractivity contribution in [3.8, 4) is 0 Å². The van der Waals surface area contributed by atoms with Gasteiger partial charge in [0.15, 0.2) is 0 Å². The molecule has 3 aromatic rings. The lowest BCUT2D eigenvalue weighted by Crippen LogP contribution is -2.33. The van der Waals surface area contributed by atoms with Gasteiger partial charge < -0.3 is 10.1 Å². The number of carbonyl (C=O) groups is 1. The quantitative estimate of drug-likeness (QED) is 0.685. The van der Waals surface area contributed by atoms with Crippen molar-refractivity contribution in [2.45, 2.75) is 12.6 Å². The molecular formula is C18H19N3O2S. The van der Waals surface area contributed by atoms with E-state index in [1.54, 1.807) is 17.5 Å². The van der Waals surface area contributed by atoms with E-state index in [4.69, 9.17) is 4.74 Å². The molecule has 6 heteroatoms. The van der Waals surface area contributed by atoms with Crippen LogP contribution >= 0.6 is 11.3 Å². The molecule has 0 unspecified atom stereocenters. The molecule has 0 saturated heterocycles. The fourth-order valence-corrected chi connectivity index (χ4v) is 3.10. The van der Waals surface area contributed by atoms with Gasteiger partial charge in [-0.05, 0) is 34.0 Å². The van der Waals surface area contributed by atoms with Crippen LogP contribution in [0.3, 0.4) is 0 Å². The third-order valence-corrected chi connectivity index (χ3v) is 4.31. The smallest absolute Gasteiger partial charge is 0.246 e. The Bertz CT molecular complexity index is 693. The van der Waals surface area contributed by atoms with Gasteiger partial charge >= 0.3 is 0 Å². The van der Waals surface area contributed by atoms with E-state index in [1.165, 1.54) is 0 Å². The molecule has 0 fully saturated rings. The van der Waals surface area contributed by atoms with Crippen molar-refractivity contribution >= 4 is 17.2 Å². The van der Waals surface area contributed by atoms with Gasteiger partial charge in [-0.25, -0.2) is 0 Å². The highest BCUT2D eigenvalue weighted by molar-refractivity contribution is 7.07. The number of thiophene rings is 1. The Balaban J connectivity index is 1.49. The van der Waals surface area contributed by atoms with Gasteiger partial charge in [0.2, 0.25) is 5.91 Å². The van der Waals surface area contributed by atoms with E-state index in [0.29, 0.717) is 13.2 Å². The number of carbonyl (C=O) groups excluding carboxylic acids is 1. The Labute approximate surface area is 144 Å². The molecule has 1 amide bonds. The lowest BCUT2D eigenvalue weighted by atomic mass is 10.1. The van der Waals surface area contributed by atoms with Crippen LogP contribution in [-0.2, 0) is 16.1 Å². The van der Waals surface area contributed by atoms with Crippen LogP contribution in [0.2, 0.25) is 0 Å². The number of amides is 1. The topological polar surface area (TPSA) is 56.1 Å². The van der Waals surface area contributed by atoms with Crippen molar-refractivity contribution in [2.24, 2.45) is 0 Å². The molecule has 0 aliphatic heterocycles. The third kappa shape index (κ3) is 4.53. The van der Waals surface area contributed by atoms with Crippen molar-refractivity contribution in [1.82, 2.24) is 15.1 Å². The molecule has 0 spiro atoms. The number of hydrogen-bond acceptors (Lipinski definition) is 4. The minimum absolute atomic E-state index is 0.00989. The van der Waals surface area contributed by atoms with Gasteiger partial charge in [-0.1, -0.05) is 30.3 Å². The first-order valence-electron chi connectivity index (χ1n) is 7.72. The van der Waals surface area contributed by atoms with E-state index in [2.05, 4.69) is 21.9 Å². The summed E-state index contributed by atoms with van der Waals surface area (Å²) in [5.41, 5.74) is 2.19. The van der Waals surface area contributed by atoms with E-state index in [0.717, 1.165) is 11.1 Å². The van der Waals surface area contributed by atoms with Crippen molar-refractivity contribution in [3.63, 3.8) is 0 Å². The molecule has 1 aromatic carbocycles. The largest absolute Gasteiger partial charge is 0.367 e. The average molecular weight is 341 g/mol. The zero-order valence-corrected chi connectivity index (χ0v) is 14.0. The molecule has 5 nitrogen and oxygen atoms in total. The lowest BCUT2D eigenvalue weighted by Gasteiger charge is -2.17. The minimum atomic E-state index is -0.127. The van der Waals surface area contributed by atoms with Crippen LogP contribution in [0.5, 0.6) is 0 Å². The number of ether oxygens (including phenoxy) is 1. The molecule has 0 aliphatic carbocycles. The predicted molar refractivity (Wildman–Crippen MR) is 93.8 cm³/mol. The maximum absolute atomic E-state index is 12.0. The van der Waals surface area contributed by atoms with Gasteiger partial charge in [-0.2, -0.15) is 16.4 Å². The summed E-state index contributed by atoms with van der Waals surface area (Å²) >= 11 is 1.63. The maximum Gasteiger partial charge on any atom is 0.246 e. The number of nitrogens with zero attached hydrogens (tertiary/aromatic N) is 2. The zero-order valence-electron chi connectivity index (χ0n) is 13.2. The van der Waals surface area contributed by atoms with E-state index in [1.807, 2.05) is 52.7 Å². The molecular weight excluding hydrogens is 322 g/mol. The molecule has 1 atom stereocenters. The van der Waals surface area contributed by atoms with Crippen molar-refractivity contribution in [1.29, 1.82) is 0 Å². The van der Waals surface area contributed by atoms with Crippen LogP contribution in [0.15, 0.2) is 65.6 Å². The average Bonchev–Trinajstić information content (AvgIpc) is 3.30. The standard InChI is InChI=1S/C18H19N3O2S/c22-18(13-23-12-15-5-2-1-3-6-15)19-11-17(16-7-10-24-14-16)21-9-4-8-20-21/h1-10,14,17H,11-13H2,(H,19,22)/t17-/m0/s1. The van der Waals surface area contributed by atoms with Gasteiger partial charge in [-0.15, -0.1) is 0 Å². The zero-order chi connectivity index (χ0) is 16.6. The summed E-state index contributed by atoms with van der Waals surface area (Å²) in [6.07, 6.45) is 3.64. The van der Waals surface area contributed by atoms with Crippen LogP contribution in [0, 0.1) is 0 Å². The summed E-state index contributed by atoms with van der Waals surface area (Å²) in [6.45, 7) is 0.956. The number of aromatic nitrogens is 2. The number of nitrogens with one attached hydrogen (secondary N) is 1. The molecule has 3 rings (SSSR count). The van der Waals surface area contributed by atoms with Gasteiger partial charge in [0, 0.05) is 18.9 Å². The Morgan fingerprint density at radius 2 is 2.12 bits per heavy atom. The number of hydrogen-bond donors (Lipinski definition) is 1. The Morgan fingerprint density at radius 3 is 2.83 bits per heavy atom. The normalized spacial score (nSPS) is 12.0. The fraction of sp³-hybridized carbons (Fsp3) is 0.222. The molecule has 1 N–H and O–H groups in total. The van der Waals surface area contributed by atoms with Gasteiger partial charge in [0.1, 0.15) is 6.61 Å². The molecule has 2 heterocycles. The highest BCUT2D eigenvalue weighted by Gasteiger charge is 2.15. The molecule has 0 saturated carbocycles. The van der Waals surface area contributed by atoms with Crippen molar-refractivity contribution < 1.29 is 9.53 Å². The number of benzene rings is 1. The monoisotopic (exact) mass is 341 g/mol. The Hall–Kier alpha value is -2.44. The summed E-state index contributed by atoms with van der Waals surface area (Å²) < 4.78 is 7.32. The highest BCUT2D eigenvalue weighted by atomic mass is 32.1. The van der Waals surface area contributed by atoms with E-state index < -0.39 is 0 Å². The van der Waals surface area contributed by atoms with Gasteiger partial charge in [0.25, 0.3) is 0 Å². The summed E-state index contributed by atoms with van der Waals surface area (Å²) in [7, 11) is 0. The molecule has 0 aliphatic rings. The van der Waals surface area contributed by atoms with E-state index >= 15 is 0 Å². The first kappa shape index (κ1) is 16.4. The second kappa shape index (κ2) is 8.42. The first-order valence-corrected chi connectivity index (χ1v) is 8.67. The third-order valence-electron chi connectivity index (χ3n) is 3.61. The van der Waals surface area contributed by atoms with Crippen LogP contribution in [0.1, 0.15) is 17.2 Å². The SMILES string of the molecule is O=C(COCc1ccccc1)NC[C@@H](c1ccsc1)n1cccn1. The summed E-state index contributed by atoms with van der Waals surface area (Å²) in [5, 5.41) is 11.3. The minimum Gasteiger partial charge on any atom is -0.367 e. The van der Waals surface area contributed by atoms with E-state index in [-0.39, 0.29) is 18.6 Å². The van der Waals surface area contributed by atoms with E-state index in [9.17, 15) is 4.79 Å². The van der Waals surface area contributed by atoms with Crippen molar-refractivity contribution in [2.75, 3.05) is 13.2 Å². The Kier molecular flexibility index (Phi) is 5.76. The van der Waals surface area contributed by atoms with Crippen LogP contribution in [0.4, 0.5) is 0 Å². The second-order valence-electron chi connectivity index (χ2n) is 5.34. The molecule has 2 aromatic heterocycles. The van der Waals surface area contributed by atoms with Crippen LogP contribution < -0.4 is 5.32 Å². The lowest BCUT2D eigenvalue weighted by molar-refractivity contribution is -0.126. The Morgan fingerprint density at radius 1 is 1.25 bits per heavy atom. The molecule has 124 valence electrons.